The maximum Gasteiger partial charge on any atom is 0.261 e. The average Bonchev–Trinajstić information content (AvgIpc) is 3.27. The van der Waals surface area contributed by atoms with Crippen LogP contribution in [0.2, 0.25) is 5.02 Å². The summed E-state index contributed by atoms with van der Waals surface area (Å²) in [6.45, 7) is 5.71. The summed E-state index contributed by atoms with van der Waals surface area (Å²) in [5, 5.41) is 0.665. The molecule has 2 aromatic heterocycles. The Morgan fingerprint density at radius 3 is 2.42 bits per heavy atom. The Bertz CT molecular complexity index is 1180. The third-order valence-electron chi connectivity index (χ3n) is 5.92. The molecule has 10 heteroatoms. The second kappa shape index (κ2) is 10.4. The topological polar surface area (TPSA) is 66.1 Å². The van der Waals surface area contributed by atoms with Crippen molar-refractivity contribution in [3.63, 3.8) is 0 Å². The first-order chi connectivity index (χ1) is 15.9. The fraction of sp³-hybridized carbons (Fsp3) is 0.478. The summed E-state index contributed by atoms with van der Waals surface area (Å²) in [7, 11) is 3.64. The molecule has 1 atom stereocenters. The zero-order chi connectivity index (χ0) is 23.5. The van der Waals surface area contributed by atoms with Gasteiger partial charge in [-0.2, -0.15) is 0 Å². The van der Waals surface area contributed by atoms with Gasteiger partial charge in [0.05, 0.1) is 5.69 Å². The number of hydrogen-bond acceptors (Lipinski definition) is 4. The monoisotopic (exact) mass is 490 g/mol. The molecule has 1 saturated heterocycles. The minimum absolute atomic E-state index is 0.0984. The van der Waals surface area contributed by atoms with Crippen LogP contribution in [0.25, 0.3) is 17.0 Å². The van der Waals surface area contributed by atoms with Crippen molar-refractivity contribution in [3.05, 3.63) is 51.9 Å². The van der Waals surface area contributed by atoms with Gasteiger partial charge in [-0.25, -0.2) is 17.8 Å². The molecule has 0 amide bonds. The average molecular weight is 491 g/mol. The van der Waals surface area contributed by atoms with Crippen molar-refractivity contribution in [1.29, 1.82) is 0 Å². The molecule has 8 nitrogen and oxygen atoms in total. The summed E-state index contributed by atoms with van der Waals surface area (Å²) in [6.07, 6.45) is 5.04. The van der Waals surface area contributed by atoms with Gasteiger partial charge in [0.25, 0.3) is 5.56 Å². The van der Waals surface area contributed by atoms with Crippen LogP contribution in [-0.4, -0.2) is 67.0 Å². The lowest BCUT2D eigenvalue weighted by atomic mass is 10.2. The maximum atomic E-state index is 13.1. The molecule has 1 aliphatic heterocycles. The Morgan fingerprint density at radius 1 is 1.09 bits per heavy atom. The second-order valence-electron chi connectivity index (χ2n) is 8.46. The van der Waals surface area contributed by atoms with Gasteiger partial charge < -0.3 is 4.90 Å². The number of aromatic nitrogens is 3. The van der Waals surface area contributed by atoms with E-state index >= 15 is 0 Å². The molecule has 1 unspecified atom stereocenters. The van der Waals surface area contributed by atoms with E-state index in [1.807, 2.05) is 42.7 Å². The molecule has 1 fully saturated rings. The number of anilines is 1. The van der Waals surface area contributed by atoms with Crippen LogP contribution in [0.5, 0.6) is 0 Å². The van der Waals surface area contributed by atoms with E-state index in [2.05, 4.69) is 16.4 Å². The van der Waals surface area contributed by atoms with Crippen LogP contribution in [0.3, 0.4) is 0 Å². The molecule has 0 N–H and O–H groups in total. The first-order valence-corrected chi connectivity index (χ1v) is 12.8. The number of fused-ring (bicyclic) bond motifs is 1. The Labute approximate surface area is 202 Å². The van der Waals surface area contributed by atoms with Crippen molar-refractivity contribution in [2.75, 3.05) is 45.2 Å². The third-order valence-corrected chi connectivity index (χ3v) is 7.60. The summed E-state index contributed by atoms with van der Waals surface area (Å²) >= 11 is 4.90. The Balaban J connectivity index is 1.71. The lowest BCUT2D eigenvalue weighted by molar-refractivity contribution is 0.385. The van der Waals surface area contributed by atoms with Crippen LogP contribution in [0.15, 0.2) is 41.3 Å². The molecule has 0 aliphatic carbocycles. The highest BCUT2D eigenvalue weighted by Gasteiger charge is 2.25. The van der Waals surface area contributed by atoms with Crippen molar-refractivity contribution < 1.29 is 4.21 Å². The van der Waals surface area contributed by atoms with E-state index in [4.69, 9.17) is 16.6 Å². The first kappa shape index (κ1) is 23.9. The van der Waals surface area contributed by atoms with Gasteiger partial charge in [0, 0.05) is 69.7 Å². The van der Waals surface area contributed by atoms with Crippen molar-refractivity contribution in [2.24, 2.45) is 0 Å². The quantitative estimate of drug-likeness (QED) is 0.454. The van der Waals surface area contributed by atoms with Crippen molar-refractivity contribution in [1.82, 2.24) is 22.6 Å². The highest BCUT2D eigenvalue weighted by molar-refractivity contribution is 7.80. The number of imidazole rings is 1. The van der Waals surface area contributed by atoms with Crippen LogP contribution >= 0.6 is 11.6 Å². The van der Waals surface area contributed by atoms with E-state index in [-0.39, 0.29) is 5.56 Å². The number of unbranched alkanes of at least 4 members (excludes halogenated alkanes) is 2. The summed E-state index contributed by atoms with van der Waals surface area (Å²) in [6, 6.07) is 9.21. The molecular formula is C23H31ClN6O2S. The maximum absolute atomic E-state index is 13.1. The predicted molar refractivity (Wildman–Crippen MR) is 135 cm³/mol. The van der Waals surface area contributed by atoms with E-state index in [1.54, 1.807) is 21.0 Å². The fourth-order valence-corrected chi connectivity index (χ4v) is 5.21. The number of halogens is 1. The van der Waals surface area contributed by atoms with Gasteiger partial charge in [0.2, 0.25) is 5.78 Å². The molecule has 0 radical (unpaired) electrons. The molecule has 1 aliphatic rings. The van der Waals surface area contributed by atoms with Crippen LogP contribution < -0.4 is 10.5 Å². The molecular weight excluding hydrogens is 460 g/mol. The zero-order valence-corrected chi connectivity index (χ0v) is 21.0. The molecule has 0 bridgehead atoms. The van der Waals surface area contributed by atoms with Gasteiger partial charge in [0.15, 0.2) is 11.2 Å². The van der Waals surface area contributed by atoms with Crippen LogP contribution in [0.1, 0.15) is 26.2 Å². The number of benzene rings is 1. The van der Waals surface area contributed by atoms with Gasteiger partial charge in [0.1, 0.15) is 5.82 Å². The summed E-state index contributed by atoms with van der Waals surface area (Å²) in [5.41, 5.74) is 1.57. The van der Waals surface area contributed by atoms with Gasteiger partial charge in [-0.1, -0.05) is 43.5 Å². The van der Waals surface area contributed by atoms with E-state index in [9.17, 15) is 9.00 Å². The normalized spacial score (nSPS) is 16.1. The molecule has 33 heavy (non-hydrogen) atoms. The zero-order valence-electron chi connectivity index (χ0n) is 19.4. The number of hydrogen-bond donors (Lipinski definition) is 0. The molecule has 0 spiro atoms. The van der Waals surface area contributed by atoms with Crippen LogP contribution in [0.4, 0.5) is 5.82 Å². The van der Waals surface area contributed by atoms with Crippen molar-refractivity contribution >= 4 is 34.4 Å². The van der Waals surface area contributed by atoms with E-state index in [0.29, 0.717) is 37.0 Å². The van der Waals surface area contributed by atoms with Crippen LogP contribution in [-0.2, 0) is 17.7 Å². The first-order valence-electron chi connectivity index (χ1n) is 11.4. The van der Waals surface area contributed by atoms with Crippen molar-refractivity contribution in [3.8, 4) is 11.3 Å². The number of nitrogens with zero attached hydrogens (tertiary/aromatic N) is 6. The number of aryl methyl sites for hydroxylation is 1. The second-order valence-corrected chi connectivity index (χ2v) is 10.6. The molecule has 1 aromatic carbocycles. The standard InChI is InChI=1S/C23H31ClN6O2S/c1-4-5-6-11-29-21(27-12-14-28(15-13-27)33(32)26(2)3)16-22(31)30-17-20(25-23(29)30)18-7-9-19(24)10-8-18/h7-10,16-17H,4-6,11-15H2,1-3H3. The largest absolute Gasteiger partial charge is 0.355 e. The fourth-order valence-electron chi connectivity index (χ4n) is 4.14. The van der Waals surface area contributed by atoms with Gasteiger partial charge in [-0.05, 0) is 18.6 Å². The lowest BCUT2D eigenvalue weighted by Crippen LogP contribution is -2.50. The van der Waals surface area contributed by atoms with E-state index in [0.717, 1.165) is 42.9 Å². The van der Waals surface area contributed by atoms with Gasteiger partial charge in [-0.15, -0.1) is 0 Å². The SMILES string of the molecule is CCCCCn1c(N2CCN(S(=O)N(C)C)CC2)cc(=O)n2cc(-c3ccc(Cl)cc3)nc12. The lowest BCUT2D eigenvalue weighted by Gasteiger charge is -2.36. The Morgan fingerprint density at radius 2 is 1.79 bits per heavy atom. The number of rotatable bonds is 8. The van der Waals surface area contributed by atoms with Crippen LogP contribution in [0, 0.1) is 0 Å². The molecule has 3 aromatic rings. The highest BCUT2D eigenvalue weighted by Crippen LogP contribution is 2.24. The highest BCUT2D eigenvalue weighted by atomic mass is 35.5. The molecule has 0 saturated carbocycles. The van der Waals surface area contributed by atoms with Crippen molar-refractivity contribution in [2.45, 2.75) is 32.7 Å². The molecule has 178 valence electrons. The van der Waals surface area contributed by atoms with Gasteiger partial charge >= 0.3 is 0 Å². The van der Waals surface area contributed by atoms with E-state index < -0.39 is 11.2 Å². The third kappa shape index (κ3) is 5.16. The summed E-state index contributed by atoms with van der Waals surface area (Å²) < 4.78 is 19.9. The van der Waals surface area contributed by atoms with Gasteiger partial charge in [-0.3, -0.25) is 13.8 Å². The molecule has 3 heterocycles. The minimum Gasteiger partial charge on any atom is -0.355 e. The molecule has 4 rings (SSSR count). The summed E-state index contributed by atoms with van der Waals surface area (Å²) in [5.74, 6) is 1.53. The summed E-state index contributed by atoms with van der Waals surface area (Å²) in [4.78, 5) is 20.2. The van der Waals surface area contributed by atoms with E-state index in [1.165, 1.54) is 0 Å². The Hall–Kier alpha value is -2.20. The Kier molecular flexibility index (Phi) is 7.53. The predicted octanol–water partition coefficient (Wildman–Crippen LogP) is 3.27. The smallest absolute Gasteiger partial charge is 0.261 e. The number of piperazine rings is 1. The minimum atomic E-state index is -1.14.